The molecule has 6 amide bonds. The number of alkyl carbamates (subject to hydrolysis) is 1. The molecular formula is C95H98ClF4N15O16S. The number of urea groups is 1. The van der Waals surface area contributed by atoms with Crippen molar-refractivity contribution in [1.82, 2.24) is 45.7 Å². The van der Waals surface area contributed by atoms with Gasteiger partial charge in [-0.1, -0.05) is 146 Å². The summed E-state index contributed by atoms with van der Waals surface area (Å²) in [7, 11) is 7.02. The van der Waals surface area contributed by atoms with Crippen LogP contribution in [0.4, 0.5) is 37.6 Å². The van der Waals surface area contributed by atoms with Crippen molar-refractivity contribution >= 4 is 80.8 Å². The van der Waals surface area contributed by atoms with Crippen molar-refractivity contribution in [1.29, 1.82) is 0 Å². The van der Waals surface area contributed by atoms with Gasteiger partial charge in [0.15, 0.2) is 5.82 Å². The second-order valence-electron chi connectivity index (χ2n) is 31.7. The number of hydrogen-bond donors (Lipinski definition) is 5. The number of anilines is 1. The van der Waals surface area contributed by atoms with Crippen LogP contribution >= 0.6 is 22.9 Å². The van der Waals surface area contributed by atoms with Gasteiger partial charge in [-0.25, -0.2) is 43.5 Å². The molecule has 1 aliphatic carbocycles. The van der Waals surface area contributed by atoms with E-state index < -0.39 is 78.1 Å². The number of para-hydroxylation sites is 2. The molecule has 0 radical (unpaired) electrons. The van der Waals surface area contributed by atoms with Crippen LogP contribution in [-0.2, 0) is 66.1 Å². The van der Waals surface area contributed by atoms with Crippen LogP contribution in [0.1, 0.15) is 77.2 Å². The molecule has 0 saturated carbocycles. The number of azide groups is 1. The number of halogens is 5. The third kappa shape index (κ3) is 25.5. The quantitative estimate of drug-likeness (QED) is 0.00351. The van der Waals surface area contributed by atoms with Crippen LogP contribution in [0.2, 0.25) is 5.02 Å². The smallest absolute Gasteiger partial charge is 0.430 e. The number of quaternary nitrogens is 1. The van der Waals surface area contributed by atoms with Crippen molar-refractivity contribution in [3.63, 3.8) is 0 Å². The number of esters is 1. The standard InChI is InChI=1S/C93H97ClFN15O14S.C2HF3O2/c1-57(2)83(106-92(115)120-47-41-102-107-97)87(112)105-75(23-16-39-99-91(96)114)86(111)104-65-33-30-62(63(49-65)51-108(4)93(116)123-55-74-71-20-11-9-18-69(71)70-19-10-12-21-72(70)74)52-110(5)45-42-109(43-46-110)44-48-119-78-37-36-68(58(3)82(78)94)80-81-88(100-56-101-89(81)125-84(80)60-28-31-64(95)32-29-60)124-79(90(113)122-53-59-26-34-67(117-6)35-27-59)50-61-17-8-14-24-76(61)121-54-66-38-40-98-85(103-66)73-22-13-15-25-77(73)118-7;3-2(4,5)1(6)7/h8-15,17-22,24-38,40,49,56-57,74-75,79,83H,16,23,39,41-48,50-55H2,1-7H3,(H5-,96,99,104,105,106,111,112,114,115);(H,6,7)/t75-,79+,83-;/m0./s1. The van der Waals surface area contributed by atoms with Crippen molar-refractivity contribution in [2.24, 2.45) is 16.8 Å². The second-order valence-corrected chi connectivity index (χ2v) is 33.1. The number of nitrogens with one attached hydrogen (secondary N) is 4. The van der Waals surface area contributed by atoms with Gasteiger partial charge in [0, 0.05) is 84.9 Å². The number of aromatic nitrogens is 4. The van der Waals surface area contributed by atoms with Gasteiger partial charge in [0.1, 0.15) is 91.0 Å². The lowest BCUT2D eigenvalue weighted by molar-refractivity contribution is -0.926. The molecule has 1 fully saturated rings. The molecule has 690 valence electrons. The predicted molar refractivity (Wildman–Crippen MR) is 484 cm³/mol. The summed E-state index contributed by atoms with van der Waals surface area (Å²) in [6, 6.07) is 52.3. The lowest BCUT2D eigenvalue weighted by Gasteiger charge is -2.42. The fourth-order valence-electron chi connectivity index (χ4n) is 15.3. The van der Waals surface area contributed by atoms with Gasteiger partial charge in [-0.3, -0.25) is 14.5 Å². The molecule has 6 N–H and O–H groups in total. The molecule has 0 unspecified atom stereocenters. The number of methoxy groups -OCH3 is 2. The summed E-state index contributed by atoms with van der Waals surface area (Å²) in [4.78, 5) is 117. The van der Waals surface area contributed by atoms with Gasteiger partial charge in [0.05, 0.1) is 69.2 Å². The number of carboxylic acids is 1. The number of hydrogen-bond acceptors (Lipinski definition) is 23. The number of ether oxygens (including phenoxy) is 8. The Morgan fingerprint density at radius 3 is 2.11 bits per heavy atom. The zero-order chi connectivity index (χ0) is 94.2. The predicted octanol–water partition coefficient (Wildman–Crippen LogP) is 14.9. The lowest BCUT2D eigenvalue weighted by atomic mass is 9.96. The average molecular weight is 1850 g/mol. The van der Waals surface area contributed by atoms with Gasteiger partial charge in [-0.05, 0) is 154 Å². The summed E-state index contributed by atoms with van der Waals surface area (Å²) in [5.41, 5.74) is 25.6. The number of rotatable bonds is 38. The summed E-state index contributed by atoms with van der Waals surface area (Å²) in [6.07, 6.45) is -4.70. The number of benzene rings is 8. The van der Waals surface area contributed by atoms with Crippen molar-refractivity contribution in [2.45, 2.75) is 96.6 Å². The van der Waals surface area contributed by atoms with Crippen molar-refractivity contribution < 1.29 is 98.6 Å². The highest BCUT2D eigenvalue weighted by atomic mass is 35.5. The molecule has 37 heteroatoms. The minimum Gasteiger partial charge on any atom is -0.542 e. The number of carbonyl (C=O) groups excluding carboxylic acids is 7. The second kappa shape index (κ2) is 45.4. The van der Waals surface area contributed by atoms with Crippen LogP contribution in [0.15, 0.2) is 200 Å². The van der Waals surface area contributed by atoms with E-state index in [4.69, 9.17) is 85.6 Å². The number of alkyl halides is 3. The molecule has 0 bridgehead atoms. The van der Waals surface area contributed by atoms with E-state index >= 15 is 0 Å². The maximum Gasteiger partial charge on any atom is 0.430 e. The summed E-state index contributed by atoms with van der Waals surface area (Å²) in [5.74, 6) is -3.33. The van der Waals surface area contributed by atoms with Gasteiger partial charge < -0.3 is 84.2 Å². The van der Waals surface area contributed by atoms with Crippen molar-refractivity contribution in [3.8, 4) is 73.0 Å². The first-order chi connectivity index (χ1) is 63.5. The first-order valence-corrected chi connectivity index (χ1v) is 43.4. The van der Waals surface area contributed by atoms with Gasteiger partial charge in [-0.2, -0.15) is 13.2 Å². The highest BCUT2D eigenvalue weighted by Gasteiger charge is 2.36. The first-order valence-electron chi connectivity index (χ1n) is 42.2. The monoisotopic (exact) mass is 1850 g/mol. The van der Waals surface area contributed by atoms with Crippen molar-refractivity contribution in [3.05, 3.63) is 260 Å². The number of piperazine rings is 1. The third-order valence-corrected chi connectivity index (χ3v) is 23.9. The van der Waals surface area contributed by atoms with E-state index in [0.29, 0.717) is 130 Å². The minimum atomic E-state index is -5.19. The van der Waals surface area contributed by atoms with Crippen LogP contribution in [0.5, 0.6) is 28.9 Å². The molecule has 13 rings (SSSR count). The number of fused-ring (bicyclic) bond motifs is 4. The topological polar surface area (TPSA) is 397 Å². The summed E-state index contributed by atoms with van der Waals surface area (Å²) >= 11 is 8.80. The van der Waals surface area contributed by atoms with Crippen LogP contribution in [0, 0.1) is 18.7 Å². The molecule has 2 aliphatic rings. The molecule has 3 aromatic heterocycles. The number of thiophene rings is 1. The number of likely N-dealkylation sites (N-methyl/N-ethyl adjacent to an activating group) is 1. The number of carbonyl (C=O) groups is 7. The Morgan fingerprint density at radius 1 is 0.750 bits per heavy atom. The van der Waals surface area contributed by atoms with E-state index in [9.17, 15) is 46.3 Å². The van der Waals surface area contributed by atoms with E-state index in [1.807, 2.05) is 116 Å². The SMILES string of the molecule is COc1ccc(COC(=O)[C@@H](Cc2ccccc2OCc2ccnc(-c3ccccc3OC)n2)Oc2ncnc3sc(-c4ccc(F)cc4)c(-c4ccc(OCCN5CC[N+](C)(Cc6ccc(NC(=O)[C@H](CCCNC(N)=O)NC(=O)[C@@H](NC(=O)OCCN=[N+]=[N-])C(C)C)cc6CN(C)C(=O)OCC6c7ccccc7-c7ccccc76)CC5)c(Cl)c4C)c23)cc1.O=C([O-])C(F)(F)F. The van der Waals surface area contributed by atoms with E-state index in [2.05, 4.69) is 72.5 Å². The largest absolute Gasteiger partial charge is 0.542 e. The zero-order valence-electron chi connectivity index (χ0n) is 73.3. The fraction of sp³-hybridized carbons (Fsp3) is 0.316. The fourth-order valence-corrected chi connectivity index (χ4v) is 16.7. The summed E-state index contributed by atoms with van der Waals surface area (Å²) < 4.78 is 95.4. The molecular weight excluding hydrogens is 1750 g/mol. The normalized spacial score (nSPS) is 13.4. The molecule has 1 aliphatic heterocycles. The number of primary amides is 1. The molecule has 8 aromatic carbocycles. The van der Waals surface area contributed by atoms with E-state index in [1.54, 1.807) is 77.7 Å². The van der Waals surface area contributed by atoms with Crippen LogP contribution in [0.3, 0.4) is 0 Å². The van der Waals surface area contributed by atoms with E-state index in [0.717, 1.165) is 46.5 Å². The number of nitrogens with two attached hydrogens (primary N) is 1. The Balaban J connectivity index is 0.00000216. The van der Waals surface area contributed by atoms with Gasteiger partial charge in [0.25, 0.3) is 0 Å². The molecule has 31 nitrogen and oxygen atoms in total. The zero-order valence-corrected chi connectivity index (χ0v) is 74.8. The highest BCUT2D eigenvalue weighted by Crippen LogP contribution is 2.50. The van der Waals surface area contributed by atoms with Gasteiger partial charge in [0.2, 0.25) is 23.8 Å². The third-order valence-electron chi connectivity index (χ3n) is 22.3. The Hall–Kier alpha value is -14.2. The molecule has 1 saturated heterocycles. The molecule has 132 heavy (non-hydrogen) atoms. The maximum absolute atomic E-state index is 14.8. The van der Waals surface area contributed by atoms with E-state index in [-0.39, 0.29) is 83.7 Å². The van der Waals surface area contributed by atoms with Crippen molar-refractivity contribution in [2.75, 3.05) is 99.3 Å². The Bertz CT molecular complexity index is 5940. The average Bonchev–Trinajstić information content (AvgIpc) is 1.59. The van der Waals surface area contributed by atoms with Crippen LogP contribution in [-0.4, -0.2) is 195 Å². The molecule has 11 aromatic rings. The number of carboxylic acid groups (broad SMARTS) is 1. The summed E-state index contributed by atoms with van der Waals surface area (Å²) in [6.45, 7) is 9.46. The number of amides is 6. The van der Waals surface area contributed by atoms with E-state index in [1.165, 1.54) is 34.7 Å². The number of nitrogens with zero attached hydrogens (tertiary/aromatic N) is 10. The minimum absolute atomic E-state index is 0.0324. The first kappa shape index (κ1) is 96.9. The lowest BCUT2D eigenvalue weighted by Crippen LogP contribution is -2.57. The van der Waals surface area contributed by atoms with Crippen LogP contribution < -0.4 is 55.8 Å². The molecule has 4 heterocycles. The Morgan fingerprint density at radius 2 is 1.43 bits per heavy atom. The molecule has 3 atom stereocenters. The Kier molecular flexibility index (Phi) is 33.3. The highest BCUT2D eigenvalue weighted by molar-refractivity contribution is 7.22. The summed E-state index contributed by atoms with van der Waals surface area (Å²) in [5, 5.41) is 23.8. The van der Waals surface area contributed by atoms with Gasteiger partial charge >= 0.3 is 30.4 Å². The Labute approximate surface area is 767 Å². The van der Waals surface area contributed by atoms with Gasteiger partial charge in [-0.15, -0.1) is 11.3 Å². The maximum atomic E-state index is 14.8. The molecule has 0 spiro atoms. The number of aliphatic carboxylic acids is 1. The van der Waals surface area contributed by atoms with Crippen LogP contribution in [0.25, 0.3) is 64.7 Å².